The number of hydrazine groups is 1. The number of benzene rings is 2. The molecule has 4 aliphatic rings. The lowest BCUT2D eigenvalue weighted by molar-refractivity contribution is -0.112. The number of ether oxygens (including phenoxy) is 1. The molecule has 2 aromatic carbocycles. The minimum absolute atomic E-state index is 0.136. The molecule has 8 nitrogen and oxygen atoms in total. The van der Waals surface area contributed by atoms with Crippen molar-refractivity contribution in [1.82, 2.24) is 20.7 Å². The molecule has 3 unspecified atom stereocenters. The van der Waals surface area contributed by atoms with E-state index in [0.29, 0.717) is 24.1 Å². The Balaban J connectivity index is 0.000000351. The van der Waals surface area contributed by atoms with Gasteiger partial charge in [-0.1, -0.05) is 56.5 Å². The predicted octanol–water partition coefficient (Wildman–Crippen LogP) is 6.25. The Morgan fingerprint density at radius 2 is 1.90 bits per heavy atom. The molecule has 2 aliphatic heterocycles. The molecule has 1 amide bonds. The lowest BCUT2D eigenvalue weighted by Crippen LogP contribution is -2.41. The van der Waals surface area contributed by atoms with Crippen LogP contribution in [0.15, 0.2) is 48.6 Å². The van der Waals surface area contributed by atoms with Crippen molar-refractivity contribution in [3.63, 3.8) is 0 Å². The van der Waals surface area contributed by atoms with Crippen molar-refractivity contribution in [2.75, 3.05) is 66.4 Å². The molecule has 49 heavy (non-hydrogen) atoms. The predicted molar refractivity (Wildman–Crippen MR) is 203 cm³/mol. The van der Waals surface area contributed by atoms with Gasteiger partial charge in [0.05, 0.1) is 12.5 Å². The first-order chi connectivity index (χ1) is 23.6. The smallest absolute Gasteiger partial charge is 0.265 e. The number of hydrogen-bond donors (Lipinski definition) is 2. The minimum Gasteiger partial charge on any atom is -0.497 e. The first kappa shape index (κ1) is 37.9. The normalized spacial score (nSPS) is 24.1. The van der Waals surface area contributed by atoms with Crippen LogP contribution in [-0.4, -0.2) is 89.6 Å². The molecule has 264 valence electrons. The summed E-state index contributed by atoms with van der Waals surface area (Å²) in [5, 5.41) is 4.90. The molecule has 2 fully saturated rings. The van der Waals surface area contributed by atoms with E-state index in [1.54, 1.807) is 19.0 Å². The molecule has 2 saturated carbocycles. The fourth-order valence-corrected chi connectivity index (χ4v) is 7.45. The van der Waals surface area contributed by atoms with Crippen molar-refractivity contribution in [2.24, 2.45) is 11.3 Å². The average molecular weight is 668 g/mol. The number of hydrogen-bond acceptors (Lipinski definition) is 7. The van der Waals surface area contributed by atoms with E-state index in [1.807, 2.05) is 39.3 Å². The number of terminal acetylenes is 1. The third-order valence-corrected chi connectivity index (χ3v) is 10.2. The van der Waals surface area contributed by atoms with Crippen LogP contribution in [0.4, 0.5) is 5.69 Å². The van der Waals surface area contributed by atoms with Gasteiger partial charge in [0.15, 0.2) is 0 Å². The number of carbonyl (C=O) groups is 2. The number of amides is 1. The number of carbonyl (C=O) groups excluding carboxylic acids is 2. The van der Waals surface area contributed by atoms with Gasteiger partial charge < -0.3 is 19.7 Å². The number of aldehydes is 1. The highest BCUT2D eigenvalue weighted by Gasteiger charge is 2.56. The number of nitrogens with zero attached hydrogens (tertiary/aromatic N) is 3. The Hall–Kier alpha value is -3.90. The Morgan fingerprint density at radius 1 is 1.16 bits per heavy atom. The number of anilines is 1. The van der Waals surface area contributed by atoms with E-state index in [9.17, 15) is 9.59 Å². The zero-order valence-electron chi connectivity index (χ0n) is 30.7. The lowest BCUT2D eigenvalue weighted by Gasteiger charge is -2.32. The monoisotopic (exact) mass is 667 g/mol. The van der Waals surface area contributed by atoms with E-state index >= 15 is 0 Å². The van der Waals surface area contributed by atoms with Crippen LogP contribution in [0.5, 0.6) is 5.75 Å². The standard InChI is InChI=1S/C30H37N3O3.C8H16N2.C3H4/c1-32(2)31-29(35)22-11-13-24-25(20-8-6-5-7-9-20)14-21-10-12-23(36-4)16-26(21)27-17-30(27,19-34)18-33(3)28(24)15-22;1-3-10-6-4-5-8(7-10)9-2;1-3-2/h10-16,19-20,27H,5-9,17-18H2,1-4H3,(H,31,35);4-5,8-9H,3,6-7H2,1-2H3;1H,2H3/b25-14+;;. The summed E-state index contributed by atoms with van der Waals surface area (Å²) in [5.41, 5.74) is 8.93. The second kappa shape index (κ2) is 17.7. The molecule has 0 aromatic heterocycles. The quantitative estimate of drug-likeness (QED) is 0.157. The topological polar surface area (TPSA) is 77.1 Å². The summed E-state index contributed by atoms with van der Waals surface area (Å²) in [6.45, 7) is 7.90. The van der Waals surface area contributed by atoms with Crippen LogP contribution in [0, 0.1) is 23.7 Å². The number of rotatable bonds is 7. The highest BCUT2D eigenvalue weighted by atomic mass is 16.5. The van der Waals surface area contributed by atoms with Crippen molar-refractivity contribution in [3.8, 4) is 18.1 Å². The zero-order valence-corrected chi connectivity index (χ0v) is 30.7. The van der Waals surface area contributed by atoms with Crippen molar-refractivity contribution >= 4 is 29.5 Å². The summed E-state index contributed by atoms with van der Waals surface area (Å²) in [7, 11) is 9.37. The molecule has 0 radical (unpaired) electrons. The molecule has 2 heterocycles. The van der Waals surface area contributed by atoms with Crippen molar-refractivity contribution in [3.05, 3.63) is 70.8 Å². The third kappa shape index (κ3) is 9.42. The Morgan fingerprint density at radius 3 is 2.53 bits per heavy atom. The first-order valence-electron chi connectivity index (χ1n) is 17.8. The van der Waals surface area contributed by atoms with Gasteiger partial charge in [-0.05, 0) is 92.6 Å². The van der Waals surface area contributed by atoms with E-state index in [2.05, 4.69) is 83.3 Å². The fraction of sp³-hybridized carbons (Fsp3) is 0.512. The van der Waals surface area contributed by atoms with Crippen LogP contribution in [-0.2, 0) is 4.79 Å². The summed E-state index contributed by atoms with van der Waals surface area (Å²) < 4.78 is 5.56. The molecule has 0 bridgehead atoms. The molecule has 2 N–H and O–H groups in total. The van der Waals surface area contributed by atoms with Crippen LogP contribution in [0.2, 0.25) is 0 Å². The highest BCUT2D eigenvalue weighted by Crippen LogP contribution is 2.60. The molecule has 0 spiro atoms. The highest BCUT2D eigenvalue weighted by molar-refractivity contribution is 5.97. The second-order valence-electron chi connectivity index (χ2n) is 13.9. The maximum Gasteiger partial charge on any atom is 0.265 e. The van der Waals surface area contributed by atoms with Gasteiger partial charge in [0, 0.05) is 63.6 Å². The summed E-state index contributed by atoms with van der Waals surface area (Å²) >= 11 is 0. The number of nitrogens with one attached hydrogen (secondary N) is 2. The summed E-state index contributed by atoms with van der Waals surface area (Å²) in [6.07, 6.45) is 19.5. The van der Waals surface area contributed by atoms with Gasteiger partial charge in [-0.2, -0.15) is 0 Å². The van der Waals surface area contributed by atoms with Crippen molar-refractivity contribution in [1.29, 1.82) is 0 Å². The molecule has 0 saturated heterocycles. The molecule has 6 rings (SSSR count). The van der Waals surface area contributed by atoms with Crippen molar-refractivity contribution in [2.45, 2.75) is 64.3 Å². The number of methoxy groups -OCH3 is 1. The lowest BCUT2D eigenvalue weighted by atomic mass is 9.78. The second-order valence-corrected chi connectivity index (χ2v) is 13.9. The van der Waals surface area contributed by atoms with E-state index in [-0.39, 0.29) is 11.8 Å². The van der Waals surface area contributed by atoms with Gasteiger partial charge in [0.1, 0.15) is 12.0 Å². The average Bonchev–Trinajstić information content (AvgIpc) is 3.84. The maximum absolute atomic E-state index is 12.9. The van der Waals surface area contributed by atoms with Crippen LogP contribution >= 0.6 is 0 Å². The molecule has 3 atom stereocenters. The summed E-state index contributed by atoms with van der Waals surface area (Å²) in [4.78, 5) is 30.0. The van der Waals surface area contributed by atoms with E-state index in [0.717, 1.165) is 49.3 Å². The van der Waals surface area contributed by atoms with Gasteiger partial charge >= 0.3 is 0 Å². The molecular weight excluding hydrogens is 610 g/mol. The van der Waals surface area contributed by atoms with Crippen LogP contribution in [0.25, 0.3) is 11.6 Å². The van der Waals surface area contributed by atoms with Gasteiger partial charge in [-0.15, -0.1) is 12.3 Å². The number of allylic oxidation sites excluding steroid dienone is 1. The molecule has 8 heteroatoms. The molecule has 2 aliphatic carbocycles. The molecule has 2 aromatic rings. The van der Waals surface area contributed by atoms with Gasteiger partial charge in [-0.3, -0.25) is 15.1 Å². The van der Waals surface area contributed by atoms with Gasteiger partial charge in [-0.25, -0.2) is 5.01 Å². The van der Waals surface area contributed by atoms with E-state index in [1.165, 1.54) is 48.8 Å². The largest absolute Gasteiger partial charge is 0.497 e. The number of fused-ring (bicyclic) bond motifs is 4. The van der Waals surface area contributed by atoms with E-state index < -0.39 is 5.41 Å². The van der Waals surface area contributed by atoms with Crippen LogP contribution < -0.4 is 20.4 Å². The van der Waals surface area contributed by atoms with E-state index in [4.69, 9.17) is 4.74 Å². The van der Waals surface area contributed by atoms with Gasteiger partial charge in [0.25, 0.3) is 5.91 Å². The minimum atomic E-state index is -0.439. The fourth-order valence-electron chi connectivity index (χ4n) is 7.45. The Labute approximate surface area is 294 Å². The first-order valence-corrected chi connectivity index (χ1v) is 17.8. The Kier molecular flexibility index (Phi) is 13.7. The molecular formula is C41H57N5O3. The Bertz CT molecular complexity index is 1540. The zero-order chi connectivity index (χ0) is 35.6. The summed E-state index contributed by atoms with van der Waals surface area (Å²) in [6, 6.07) is 12.9. The maximum atomic E-state index is 12.9. The van der Waals surface area contributed by atoms with Crippen LogP contribution in [0.3, 0.4) is 0 Å². The number of likely N-dealkylation sites (N-methyl/N-ethyl adjacent to an activating group) is 2. The van der Waals surface area contributed by atoms with Crippen molar-refractivity contribution < 1.29 is 14.3 Å². The van der Waals surface area contributed by atoms with Gasteiger partial charge in [0.2, 0.25) is 0 Å². The third-order valence-electron chi connectivity index (χ3n) is 10.2. The summed E-state index contributed by atoms with van der Waals surface area (Å²) in [5.74, 6) is 3.57. The van der Waals surface area contributed by atoms with Crippen LogP contribution in [0.1, 0.15) is 85.3 Å². The SMILES string of the molecule is C#CC.CCN1CC=CC(NC)C1.COc1ccc2c(c1)C1CC1(C=O)CN(C)c1cc(C(=O)NN(C)C)ccc1/C(C1CCCCC1)=C/2.